The fraction of sp³-hybridized carbons (Fsp3) is 0.582. The number of ketones is 1. The van der Waals surface area contributed by atoms with Gasteiger partial charge in [-0.3, -0.25) is 28.8 Å². The second-order valence-electron chi connectivity index (χ2n) is 21.0. The normalized spacial score (nSPS) is 30.0. The highest BCUT2D eigenvalue weighted by molar-refractivity contribution is 8.01. The van der Waals surface area contributed by atoms with Gasteiger partial charge in [0.1, 0.15) is 24.5 Å². The molecule has 18 heteroatoms. The molecule has 4 unspecified atom stereocenters. The number of pyridine rings is 1. The Labute approximate surface area is 432 Å². The maximum absolute atomic E-state index is 14.0. The van der Waals surface area contributed by atoms with Gasteiger partial charge in [-0.05, 0) is 100 Å². The number of aliphatic carboxylic acids is 1. The largest absolute Gasteiger partial charge is 0.481 e. The van der Waals surface area contributed by atoms with Crippen molar-refractivity contribution in [3.8, 4) is 0 Å². The predicted octanol–water partition coefficient (Wildman–Crippen LogP) is 6.28. The van der Waals surface area contributed by atoms with Crippen LogP contribution in [0.1, 0.15) is 124 Å². The Bertz CT molecular complexity index is 2470. The second-order valence-corrected chi connectivity index (χ2v) is 22.6. The summed E-state index contributed by atoms with van der Waals surface area (Å²) in [6.07, 6.45) is 13.4. The first-order valence-electron chi connectivity index (χ1n) is 25.8. The van der Waals surface area contributed by atoms with Crippen LogP contribution in [-0.2, 0) is 44.8 Å². The van der Waals surface area contributed by atoms with E-state index in [0.717, 1.165) is 37.7 Å². The number of benzene rings is 1. The molecule has 73 heavy (non-hydrogen) atoms. The summed E-state index contributed by atoms with van der Waals surface area (Å²) in [6.45, 7) is 13.0. The second kappa shape index (κ2) is 23.4. The summed E-state index contributed by atoms with van der Waals surface area (Å²) in [5.41, 5.74) is 2.05. The van der Waals surface area contributed by atoms with Crippen molar-refractivity contribution < 1.29 is 53.6 Å². The molecule has 1 aromatic heterocycles. The summed E-state index contributed by atoms with van der Waals surface area (Å²) in [5.74, 6) is -2.76. The molecule has 7 rings (SSSR count). The van der Waals surface area contributed by atoms with Crippen LogP contribution in [0.3, 0.4) is 0 Å². The number of carboxylic acids is 1. The lowest BCUT2D eigenvalue weighted by atomic mass is 9.46. The number of fused-ring (bicyclic) bond motifs is 7. The van der Waals surface area contributed by atoms with E-state index in [1.54, 1.807) is 24.4 Å². The summed E-state index contributed by atoms with van der Waals surface area (Å²) in [7, 11) is 0. The summed E-state index contributed by atoms with van der Waals surface area (Å²) in [6, 6.07) is 8.86. The van der Waals surface area contributed by atoms with E-state index in [1.165, 1.54) is 36.8 Å². The zero-order valence-electron chi connectivity index (χ0n) is 43.1. The number of carbonyl (C=O) groups is 6. The molecule has 0 radical (unpaired) electrons. The van der Waals surface area contributed by atoms with Crippen molar-refractivity contribution in [2.45, 2.75) is 159 Å². The van der Waals surface area contributed by atoms with Crippen molar-refractivity contribution in [2.24, 2.45) is 28.6 Å². The molecule has 2 heterocycles. The minimum absolute atomic E-state index is 0.0138. The first kappa shape index (κ1) is 55.4. The number of hydrogen-bond donors (Lipinski definition) is 8. The summed E-state index contributed by atoms with van der Waals surface area (Å²) >= 11 is 1.31. The molecule has 5 aliphatic rings. The number of aliphatic hydroxyl groups excluding tert-OH is 2. The van der Waals surface area contributed by atoms with Crippen LogP contribution in [0.5, 0.6) is 0 Å². The third-order valence-corrected chi connectivity index (χ3v) is 17.5. The van der Waals surface area contributed by atoms with E-state index in [2.05, 4.69) is 69.7 Å². The topological polar surface area (TPSA) is 255 Å². The van der Waals surface area contributed by atoms with Crippen LogP contribution in [0.2, 0.25) is 0 Å². The van der Waals surface area contributed by atoms with Gasteiger partial charge in [0.2, 0.25) is 23.6 Å². The predicted molar refractivity (Wildman–Crippen MR) is 278 cm³/mol. The van der Waals surface area contributed by atoms with Gasteiger partial charge >= 0.3 is 5.97 Å². The maximum Gasteiger partial charge on any atom is 0.305 e. The van der Waals surface area contributed by atoms with E-state index in [9.17, 15) is 44.1 Å². The molecule has 2 aromatic rings. The molecule has 1 aromatic carbocycles. The maximum atomic E-state index is 14.0. The van der Waals surface area contributed by atoms with E-state index in [0.29, 0.717) is 36.5 Å². The van der Waals surface area contributed by atoms with Gasteiger partial charge in [-0.25, -0.2) is 4.98 Å². The SMILES string of the molecule is C/C=C1\C=C[C@@]2(C)C(=C1)CC[C@@H]1C2[C@@H](O)C[C@@]2(C)C1C[C@H]1O[C@@H](c3ccc(NCc4ccc(NC(=O)[C@H](C)NC(=O)[C@H](C)NC(=O)CCNC(=O)C(CC(=O)O)SC(C)CCCC)cc4)nc3)O[C@]12C(=O)CO. The number of unbranched alkanes of at least 4 members (excludes halogenated alkanes) is 1. The van der Waals surface area contributed by atoms with Gasteiger partial charge in [-0.2, -0.15) is 0 Å². The van der Waals surface area contributed by atoms with Crippen molar-refractivity contribution in [2.75, 3.05) is 23.8 Å². The Morgan fingerprint density at radius 1 is 0.986 bits per heavy atom. The summed E-state index contributed by atoms with van der Waals surface area (Å²) in [4.78, 5) is 81.2. The standard InChI is InChI=1S/C55H74N6O11S/c1-8-10-11-31(3)73-42(26-47(66)67)51(70)56-23-21-46(65)59-32(4)49(68)60-33(5)50(69)61-38-16-12-35(13-17-38)28-57-45-19-14-36(29-58-45)52-71-44-25-40-39-18-15-37-24-34(9-2)20-22-53(37,6)48(39)41(63)27-54(40,7)55(44,72-52)43(64)30-62/h9,12-14,16-17,19-20,22,24,29,31-33,39-42,44,48,52,62-63H,8,10-11,15,18,21,23,25-28,30H2,1-7H3,(H,56,70)(H,57,58)(H,59,65)(H,60,68)(H,61,69)(H,66,67)/b34-9+/t31?,32-,33-,39-,40?,41-,42?,44+,48?,52+,53-,54-,55+/m0/s1. The number of aromatic nitrogens is 1. The lowest BCUT2D eigenvalue weighted by Gasteiger charge is -2.59. The number of allylic oxidation sites excluding steroid dienone is 6. The fourth-order valence-electron chi connectivity index (χ4n) is 12.3. The van der Waals surface area contributed by atoms with E-state index >= 15 is 0 Å². The van der Waals surface area contributed by atoms with Crippen LogP contribution in [0.25, 0.3) is 0 Å². The van der Waals surface area contributed by atoms with Gasteiger partial charge in [0.15, 0.2) is 17.7 Å². The monoisotopic (exact) mass is 1030 g/mol. The van der Waals surface area contributed by atoms with E-state index in [-0.39, 0.29) is 47.8 Å². The van der Waals surface area contributed by atoms with Crippen LogP contribution >= 0.6 is 11.8 Å². The highest BCUT2D eigenvalue weighted by atomic mass is 32.2. The summed E-state index contributed by atoms with van der Waals surface area (Å²) < 4.78 is 13.4. The Morgan fingerprint density at radius 3 is 2.40 bits per heavy atom. The Morgan fingerprint density at radius 2 is 1.73 bits per heavy atom. The van der Waals surface area contributed by atoms with Crippen LogP contribution in [-0.4, -0.2) is 109 Å². The van der Waals surface area contributed by atoms with Crippen molar-refractivity contribution in [3.05, 3.63) is 89.2 Å². The number of ether oxygens (including phenoxy) is 2. The minimum atomic E-state index is -1.43. The molecule has 4 amide bonds. The number of Topliss-reactive ketones (excluding diaryl/α,β-unsaturated/α-hetero) is 1. The minimum Gasteiger partial charge on any atom is -0.481 e. The molecule has 1 aliphatic heterocycles. The molecule has 3 saturated carbocycles. The number of carboxylic acid groups (broad SMARTS) is 1. The lowest BCUT2D eigenvalue weighted by Crippen LogP contribution is -2.63. The van der Waals surface area contributed by atoms with Crippen LogP contribution in [0, 0.1) is 28.6 Å². The van der Waals surface area contributed by atoms with Gasteiger partial charge in [0.05, 0.1) is 23.9 Å². The van der Waals surface area contributed by atoms with E-state index in [1.807, 2.05) is 39.0 Å². The Balaban J connectivity index is 0.858. The number of rotatable bonds is 22. The van der Waals surface area contributed by atoms with Crippen LogP contribution in [0.4, 0.5) is 11.5 Å². The van der Waals surface area contributed by atoms with Crippen LogP contribution in [0.15, 0.2) is 78.0 Å². The van der Waals surface area contributed by atoms with Crippen molar-refractivity contribution in [3.63, 3.8) is 0 Å². The van der Waals surface area contributed by atoms with Crippen LogP contribution < -0.4 is 26.6 Å². The van der Waals surface area contributed by atoms with Gasteiger partial charge < -0.3 is 51.4 Å². The van der Waals surface area contributed by atoms with Gasteiger partial charge in [0, 0.05) is 59.0 Å². The fourth-order valence-corrected chi connectivity index (χ4v) is 13.6. The van der Waals surface area contributed by atoms with Gasteiger partial charge in [-0.1, -0.05) is 82.5 Å². The van der Waals surface area contributed by atoms with E-state index < -0.39 is 88.8 Å². The first-order chi connectivity index (χ1) is 34.8. The van der Waals surface area contributed by atoms with Crippen molar-refractivity contribution >= 4 is 58.6 Å². The van der Waals surface area contributed by atoms with Crippen molar-refractivity contribution in [1.82, 2.24) is 20.9 Å². The zero-order chi connectivity index (χ0) is 52.8. The Kier molecular flexibility index (Phi) is 17.8. The number of thioether (sulfide) groups is 1. The average molecular weight is 1030 g/mol. The molecule has 4 fully saturated rings. The molecular weight excluding hydrogens is 953 g/mol. The number of nitrogens with one attached hydrogen (secondary N) is 5. The van der Waals surface area contributed by atoms with Gasteiger partial charge in [0.25, 0.3) is 0 Å². The molecular formula is C55H74N6O11S. The lowest BCUT2D eigenvalue weighted by molar-refractivity contribution is -0.201. The molecule has 17 nitrogen and oxygen atoms in total. The highest BCUT2D eigenvalue weighted by Crippen LogP contribution is 2.70. The zero-order valence-corrected chi connectivity index (χ0v) is 43.9. The Hall–Kier alpha value is -5.40. The number of aliphatic hydroxyl groups is 2. The van der Waals surface area contributed by atoms with E-state index in [4.69, 9.17) is 9.47 Å². The number of nitrogens with zero attached hydrogens (tertiary/aromatic N) is 1. The molecule has 0 bridgehead atoms. The average Bonchev–Trinajstić information content (AvgIpc) is 3.87. The molecule has 396 valence electrons. The number of amides is 4. The molecule has 8 N–H and O–H groups in total. The summed E-state index contributed by atoms with van der Waals surface area (Å²) in [5, 5.41) is 45.0. The number of hydrogen-bond acceptors (Lipinski definition) is 13. The highest BCUT2D eigenvalue weighted by Gasteiger charge is 2.76. The van der Waals surface area contributed by atoms with Crippen molar-refractivity contribution in [1.29, 1.82) is 0 Å². The number of carbonyl (C=O) groups excluding carboxylic acids is 5. The third-order valence-electron chi connectivity index (χ3n) is 16.1. The smallest absolute Gasteiger partial charge is 0.305 e. The quantitative estimate of drug-likeness (QED) is 0.0646. The molecule has 4 aliphatic carbocycles. The molecule has 0 spiro atoms. The first-order valence-corrected chi connectivity index (χ1v) is 26.8. The third kappa shape index (κ3) is 11.8. The number of anilines is 2. The molecule has 13 atom stereocenters. The van der Waals surface area contributed by atoms with Gasteiger partial charge in [-0.15, -0.1) is 11.8 Å². The molecule has 1 saturated heterocycles.